The van der Waals surface area contributed by atoms with Crippen LogP contribution in [0.15, 0.2) is 12.3 Å². The summed E-state index contributed by atoms with van der Waals surface area (Å²) in [4.78, 5) is 11.5. The van der Waals surface area contributed by atoms with E-state index in [1.54, 1.807) is 16.9 Å². The van der Waals surface area contributed by atoms with Gasteiger partial charge in [0, 0.05) is 32.3 Å². The summed E-state index contributed by atoms with van der Waals surface area (Å²) < 4.78 is 1.65. The second-order valence-corrected chi connectivity index (χ2v) is 3.78. The van der Waals surface area contributed by atoms with Crippen LogP contribution >= 0.6 is 0 Å². The molecule has 0 radical (unpaired) electrons. The molecule has 1 aliphatic carbocycles. The minimum Gasteiger partial charge on any atom is -0.314 e. The van der Waals surface area contributed by atoms with Crippen LogP contribution in [0, 0.1) is 0 Å². The zero-order chi connectivity index (χ0) is 9.97. The minimum absolute atomic E-state index is 0.124. The molecule has 1 aromatic rings. The van der Waals surface area contributed by atoms with Gasteiger partial charge in [0.25, 0.3) is 0 Å². The summed E-state index contributed by atoms with van der Waals surface area (Å²) in [5.74, 6) is 0.124. The van der Waals surface area contributed by atoms with Crippen LogP contribution in [0.1, 0.15) is 29.8 Å². The standard InChI is InChI=1S/C10H15N3O/c1-13-7-5-9(12-13)10(14)4-6-11-8-2-3-8/h5,7-8,11H,2-4,6H2,1H3. The Morgan fingerprint density at radius 1 is 1.71 bits per heavy atom. The van der Waals surface area contributed by atoms with Gasteiger partial charge in [0.05, 0.1) is 0 Å². The Balaban J connectivity index is 1.76. The predicted molar refractivity (Wildman–Crippen MR) is 53.2 cm³/mol. The van der Waals surface area contributed by atoms with Crippen molar-refractivity contribution in [3.63, 3.8) is 0 Å². The maximum Gasteiger partial charge on any atom is 0.184 e. The zero-order valence-corrected chi connectivity index (χ0v) is 8.36. The third-order valence-corrected chi connectivity index (χ3v) is 2.36. The van der Waals surface area contributed by atoms with Crippen molar-refractivity contribution in [3.8, 4) is 0 Å². The van der Waals surface area contributed by atoms with E-state index in [0.717, 1.165) is 6.54 Å². The zero-order valence-electron chi connectivity index (χ0n) is 8.36. The highest BCUT2D eigenvalue weighted by Gasteiger charge is 2.20. The Labute approximate surface area is 83.3 Å². The number of aromatic nitrogens is 2. The second kappa shape index (κ2) is 3.92. The van der Waals surface area contributed by atoms with Crippen molar-refractivity contribution >= 4 is 5.78 Å². The second-order valence-electron chi connectivity index (χ2n) is 3.78. The fourth-order valence-corrected chi connectivity index (χ4v) is 1.37. The largest absolute Gasteiger partial charge is 0.314 e. The maximum absolute atomic E-state index is 11.5. The van der Waals surface area contributed by atoms with Gasteiger partial charge in [0.1, 0.15) is 5.69 Å². The molecular weight excluding hydrogens is 178 g/mol. The van der Waals surface area contributed by atoms with E-state index in [-0.39, 0.29) is 5.78 Å². The fourth-order valence-electron chi connectivity index (χ4n) is 1.37. The Kier molecular flexibility index (Phi) is 2.63. The van der Waals surface area contributed by atoms with Crippen LogP contribution in [0.2, 0.25) is 0 Å². The average molecular weight is 193 g/mol. The SMILES string of the molecule is Cn1ccc(C(=O)CCNC2CC2)n1. The number of ketones is 1. The molecule has 0 bridgehead atoms. The van der Waals surface area contributed by atoms with Gasteiger partial charge < -0.3 is 5.32 Å². The first-order valence-electron chi connectivity index (χ1n) is 5.02. The van der Waals surface area contributed by atoms with Crippen LogP contribution in [-0.2, 0) is 7.05 Å². The first-order valence-corrected chi connectivity index (χ1v) is 5.02. The van der Waals surface area contributed by atoms with Crippen molar-refractivity contribution in [2.24, 2.45) is 7.05 Å². The summed E-state index contributed by atoms with van der Waals surface area (Å²) in [6, 6.07) is 2.44. The molecule has 14 heavy (non-hydrogen) atoms. The molecule has 4 heteroatoms. The highest BCUT2D eigenvalue weighted by atomic mass is 16.1. The molecule has 0 atom stereocenters. The number of aryl methyl sites for hydroxylation is 1. The van der Waals surface area contributed by atoms with E-state index < -0.39 is 0 Å². The summed E-state index contributed by atoms with van der Waals surface area (Å²) in [6.07, 6.45) is 4.87. The van der Waals surface area contributed by atoms with E-state index >= 15 is 0 Å². The third-order valence-electron chi connectivity index (χ3n) is 2.36. The topological polar surface area (TPSA) is 46.9 Å². The fraction of sp³-hybridized carbons (Fsp3) is 0.600. The summed E-state index contributed by atoms with van der Waals surface area (Å²) >= 11 is 0. The minimum atomic E-state index is 0.124. The number of carbonyl (C=O) groups excluding carboxylic acids is 1. The van der Waals surface area contributed by atoms with Crippen molar-refractivity contribution in [3.05, 3.63) is 18.0 Å². The molecule has 1 heterocycles. The van der Waals surface area contributed by atoms with Crippen LogP contribution in [0.25, 0.3) is 0 Å². The Bertz CT molecular complexity index is 328. The molecular formula is C10H15N3O. The molecule has 0 aromatic carbocycles. The van der Waals surface area contributed by atoms with E-state index in [2.05, 4.69) is 10.4 Å². The third kappa shape index (κ3) is 2.42. The van der Waals surface area contributed by atoms with Crippen LogP contribution in [-0.4, -0.2) is 28.2 Å². The van der Waals surface area contributed by atoms with E-state index in [9.17, 15) is 4.79 Å². The van der Waals surface area contributed by atoms with E-state index in [4.69, 9.17) is 0 Å². The van der Waals surface area contributed by atoms with Gasteiger partial charge in [-0.05, 0) is 18.9 Å². The van der Waals surface area contributed by atoms with Crippen molar-refractivity contribution in [1.29, 1.82) is 0 Å². The lowest BCUT2D eigenvalue weighted by Gasteiger charge is -1.99. The van der Waals surface area contributed by atoms with Crippen LogP contribution in [0.3, 0.4) is 0 Å². The molecule has 0 amide bonds. The molecule has 0 spiro atoms. The normalized spacial score (nSPS) is 15.8. The van der Waals surface area contributed by atoms with Gasteiger partial charge in [-0.2, -0.15) is 5.10 Å². The van der Waals surface area contributed by atoms with Crippen molar-refractivity contribution < 1.29 is 4.79 Å². The highest BCUT2D eigenvalue weighted by molar-refractivity contribution is 5.94. The summed E-state index contributed by atoms with van der Waals surface area (Å²) in [7, 11) is 1.82. The van der Waals surface area contributed by atoms with Gasteiger partial charge in [-0.3, -0.25) is 9.48 Å². The smallest absolute Gasteiger partial charge is 0.184 e. The van der Waals surface area contributed by atoms with Crippen LogP contribution in [0.4, 0.5) is 0 Å². The summed E-state index contributed by atoms with van der Waals surface area (Å²) in [5.41, 5.74) is 0.574. The molecule has 1 fully saturated rings. The summed E-state index contributed by atoms with van der Waals surface area (Å²) in [6.45, 7) is 0.778. The van der Waals surface area contributed by atoms with Crippen molar-refractivity contribution in [2.45, 2.75) is 25.3 Å². The number of carbonyl (C=O) groups is 1. The quantitative estimate of drug-likeness (QED) is 0.702. The lowest BCUT2D eigenvalue weighted by atomic mass is 10.2. The lowest BCUT2D eigenvalue weighted by molar-refractivity contribution is 0.0977. The van der Waals surface area contributed by atoms with Gasteiger partial charge in [-0.1, -0.05) is 0 Å². The monoisotopic (exact) mass is 193 g/mol. The maximum atomic E-state index is 11.5. The molecule has 0 unspecified atom stereocenters. The van der Waals surface area contributed by atoms with E-state index in [1.165, 1.54) is 12.8 Å². The highest BCUT2D eigenvalue weighted by Crippen LogP contribution is 2.18. The number of nitrogens with one attached hydrogen (secondary N) is 1. The first kappa shape index (κ1) is 9.40. The van der Waals surface area contributed by atoms with Crippen LogP contribution < -0.4 is 5.32 Å². The Morgan fingerprint density at radius 2 is 2.50 bits per heavy atom. The Hall–Kier alpha value is -1.16. The van der Waals surface area contributed by atoms with Crippen molar-refractivity contribution in [1.82, 2.24) is 15.1 Å². The molecule has 1 saturated carbocycles. The molecule has 1 aliphatic rings. The summed E-state index contributed by atoms with van der Waals surface area (Å²) in [5, 5.41) is 7.37. The number of Topliss-reactive ketones (excluding diaryl/α,β-unsaturated/α-hetero) is 1. The molecule has 76 valence electrons. The number of nitrogens with zero attached hydrogens (tertiary/aromatic N) is 2. The first-order chi connectivity index (χ1) is 6.75. The number of hydrogen-bond acceptors (Lipinski definition) is 3. The Morgan fingerprint density at radius 3 is 3.07 bits per heavy atom. The van der Waals surface area contributed by atoms with Gasteiger partial charge in [0.2, 0.25) is 0 Å². The van der Waals surface area contributed by atoms with E-state index in [1.807, 2.05) is 7.05 Å². The van der Waals surface area contributed by atoms with Gasteiger partial charge >= 0.3 is 0 Å². The molecule has 2 rings (SSSR count). The predicted octanol–water partition coefficient (Wildman–Crippen LogP) is 0.745. The van der Waals surface area contributed by atoms with Crippen LogP contribution in [0.5, 0.6) is 0 Å². The molecule has 1 aromatic heterocycles. The van der Waals surface area contributed by atoms with Gasteiger partial charge in [0.15, 0.2) is 5.78 Å². The molecule has 4 nitrogen and oxygen atoms in total. The molecule has 0 saturated heterocycles. The molecule has 1 N–H and O–H groups in total. The van der Waals surface area contributed by atoms with Gasteiger partial charge in [-0.15, -0.1) is 0 Å². The average Bonchev–Trinajstić information content (AvgIpc) is 2.87. The molecule has 0 aliphatic heterocycles. The lowest BCUT2D eigenvalue weighted by Crippen LogP contribution is -2.20. The number of hydrogen-bond donors (Lipinski definition) is 1. The van der Waals surface area contributed by atoms with E-state index in [0.29, 0.717) is 18.2 Å². The van der Waals surface area contributed by atoms with Gasteiger partial charge in [-0.25, -0.2) is 0 Å². The van der Waals surface area contributed by atoms with Crippen molar-refractivity contribution in [2.75, 3.05) is 6.54 Å². The number of rotatable bonds is 5.